The van der Waals surface area contributed by atoms with Gasteiger partial charge in [-0.3, -0.25) is 4.98 Å². The summed E-state index contributed by atoms with van der Waals surface area (Å²) in [5.41, 5.74) is 6.98. The summed E-state index contributed by atoms with van der Waals surface area (Å²) in [5.74, 6) is 0. The van der Waals surface area contributed by atoms with E-state index in [4.69, 9.17) is 9.72 Å². The van der Waals surface area contributed by atoms with Crippen molar-refractivity contribution in [3.63, 3.8) is 0 Å². The molecule has 25 heavy (non-hydrogen) atoms. The van der Waals surface area contributed by atoms with Gasteiger partial charge in [0.05, 0.1) is 16.9 Å². The maximum absolute atomic E-state index is 6.37. The van der Waals surface area contributed by atoms with Crippen LogP contribution < -0.4 is 0 Å². The van der Waals surface area contributed by atoms with Crippen molar-refractivity contribution < 1.29 is 4.74 Å². The number of aromatic nitrogens is 1. The van der Waals surface area contributed by atoms with Crippen LogP contribution in [-0.4, -0.2) is 4.98 Å². The quantitative estimate of drug-likeness (QED) is 0.605. The second-order valence-corrected chi connectivity index (χ2v) is 7.62. The van der Waals surface area contributed by atoms with Gasteiger partial charge in [-0.05, 0) is 55.5 Å². The molecule has 3 heterocycles. The third-order valence-corrected chi connectivity index (χ3v) is 5.86. The number of ether oxygens (including phenoxy) is 1. The molecule has 0 spiro atoms. The van der Waals surface area contributed by atoms with Gasteiger partial charge < -0.3 is 4.74 Å². The van der Waals surface area contributed by atoms with Crippen LogP contribution in [-0.2, 0) is 15.9 Å². The summed E-state index contributed by atoms with van der Waals surface area (Å²) >= 11 is 0. The van der Waals surface area contributed by atoms with Crippen molar-refractivity contribution in [1.82, 2.24) is 4.98 Å². The Hall–Kier alpha value is -2.45. The second-order valence-electron chi connectivity index (χ2n) is 7.62. The highest BCUT2D eigenvalue weighted by atomic mass is 16.5. The lowest BCUT2D eigenvalue weighted by molar-refractivity contribution is -0.0662. The molecule has 0 radical (unpaired) electrons. The van der Waals surface area contributed by atoms with Crippen LogP contribution in [0.1, 0.15) is 37.8 Å². The fourth-order valence-corrected chi connectivity index (χ4v) is 4.42. The minimum absolute atomic E-state index is 0.104. The average Bonchev–Trinajstić information content (AvgIpc) is 3.10. The molecule has 2 nitrogen and oxygen atoms in total. The molecule has 1 saturated heterocycles. The molecule has 0 amide bonds. The van der Waals surface area contributed by atoms with Crippen molar-refractivity contribution in [2.45, 2.75) is 37.9 Å². The Kier molecular flexibility index (Phi) is 2.99. The summed E-state index contributed by atoms with van der Waals surface area (Å²) in [6, 6.07) is 21.3. The summed E-state index contributed by atoms with van der Waals surface area (Å²) in [7, 11) is 0. The molecule has 2 atom stereocenters. The summed E-state index contributed by atoms with van der Waals surface area (Å²) in [5, 5.41) is 0. The predicted molar refractivity (Wildman–Crippen MR) is 100 cm³/mol. The maximum Gasteiger partial charge on any atom is 0.0920 e. The van der Waals surface area contributed by atoms with Crippen molar-refractivity contribution in [3.8, 4) is 22.4 Å². The fourth-order valence-electron chi connectivity index (χ4n) is 4.42. The standard InChI is InChI=1S/C23H21NO/c1-22-12-13-23(2,25-22)20-14-17(8-10-19(20)22)21-11-9-18(15-24-21)16-6-4-3-5-7-16/h3-11,14-15H,12-13H2,1-2H3/t22-,23+/m0/s1. The Morgan fingerprint density at radius 3 is 2.20 bits per heavy atom. The van der Waals surface area contributed by atoms with Crippen LogP contribution in [0.4, 0.5) is 0 Å². The molecule has 0 aliphatic carbocycles. The maximum atomic E-state index is 6.37. The molecule has 2 aliphatic heterocycles. The first-order valence-corrected chi connectivity index (χ1v) is 8.95. The van der Waals surface area contributed by atoms with Gasteiger partial charge in [-0.1, -0.05) is 48.5 Å². The van der Waals surface area contributed by atoms with Crippen LogP contribution in [0.15, 0.2) is 66.9 Å². The highest BCUT2D eigenvalue weighted by Gasteiger charge is 2.54. The normalized spacial score (nSPS) is 26.6. The topological polar surface area (TPSA) is 22.1 Å². The van der Waals surface area contributed by atoms with Gasteiger partial charge in [-0.25, -0.2) is 0 Å². The summed E-state index contributed by atoms with van der Waals surface area (Å²) < 4.78 is 6.37. The van der Waals surface area contributed by atoms with Gasteiger partial charge in [0, 0.05) is 17.3 Å². The van der Waals surface area contributed by atoms with E-state index in [2.05, 4.69) is 68.4 Å². The van der Waals surface area contributed by atoms with Crippen LogP contribution in [0.2, 0.25) is 0 Å². The zero-order valence-corrected chi connectivity index (χ0v) is 14.6. The first kappa shape index (κ1) is 14.9. The van der Waals surface area contributed by atoms with Gasteiger partial charge in [0.1, 0.15) is 0 Å². The van der Waals surface area contributed by atoms with Crippen LogP contribution >= 0.6 is 0 Å². The SMILES string of the molecule is C[C@]12CC[C@](C)(O1)c1ccc(-c3ccc(-c4ccccc4)cn3)cc12. The van der Waals surface area contributed by atoms with E-state index in [1.165, 1.54) is 22.3 Å². The van der Waals surface area contributed by atoms with Gasteiger partial charge in [0.2, 0.25) is 0 Å². The van der Waals surface area contributed by atoms with E-state index in [9.17, 15) is 0 Å². The fraction of sp³-hybridized carbons (Fsp3) is 0.261. The summed E-state index contributed by atoms with van der Waals surface area (Å²) in [6.45, 7) is 4.44. The minimum Gasteiger partial charge on any atom is -0.360 e. The Morgan fingerprint density at radius 2 is 1.48 bits per heavy atom. The molecule has 3 aromatic rings. The number of pyridine rings is 1. The molecule has 1 aromatic heterocycles. The van der Waals surface area contributed by atoms with E-state index in [1.807, 2.05) is 12.3 Å². The summed E-state index contributed by atoms with van der Waals surface area (Å²) in [6.07, 6.45) is 4.17. The van der Waals surface area contributed by atoms with Gasteiger partial charge >= 0.3 is 0 Å². The average molecular weight is 327 g/mol. The van der Waals surface area contributed by atoms with E-state index in [1.54, 1.807) is 0 Å². The molecule has 5 rings (SSSR count). The Morgan fingerprint density at radius 1 is 0.760 bits per heavy atom. The van der Waals surface area contributed by atoms with Crippen molar-refractivity contribution >= 4 is 0 Å². The monoisotopic (exact) mass is 327 g/mol. The van der Waals surface area contributed by atoms with Crippen molar-refractivity contribution in [3.05, 3.63) is 78.0 Å². The number of benzene rings is 2. The Labute approximate surface area is 148 Å². The highest BCUT2D eigenvalue weighted by molar-refractivity contribution is 5.68. The molecule has 2 aliphatic rings. The molecule has 2 bridgehead atoms. The molecule has 124 valence electrons. The Bertz CT molecular complexity index is 948. The predicted octanol–water partition coefficient (Wildman–Crippen LogP) is 5.67. The molecule has 2 heteroatoms. The van der Waals surface area contributed by atoms with Crippen LogP contribution in [0.25, 0.3) is 22.4 Å². The molecular formula is C23H21NO. The first-order chi connectivity index (χ1) is 12.1. The van der Waals surface area contributed by atoms with E-state index in [-0.39, 0.29) is 11.2 Å². The number of rotatable bonds is 2. The van der Waals surface area contributed by atoms with Crippen LogP contribution in [0.5, 0.6) is 0 Å². The van der Waals surface area contributed by atoms with Crippen LogP contribution in [0.3, 0.4) is 0 Å². The van der Waals surface area contributed by atoms with Crippen molar-refractivity contribution in [2.24, 2.45) is 0 Å². The number of hydrogen-bond acceptors (Lipinski definition) is 2. The van der Waals surface area contributed by atoms with Gasteiger partial charge in [-0.2, -0.15) is 0 Å². The minimum atomic E-state index is -0.135. The summed E-state index contributed by atoms with van der Waals surface area (Å²) in [4.78, 5) is 4.71. The smallest absolute Gasteiger partial charge is 0.0920 e. The van der Waals surface area contributed by atoms with Gasteiger partial charge in [0.15, 0.2) is 0 Å². The third-order valence-electron chi connectivity index (χ3n) is 5.86. The van der Waals surface area contributed by atoms with Gasteiger partial charge in [0.25, 0.3) is 0 Å². The molecule has 0 N–H and O–H groups in total. The zero-order valence-electron chi connectivity index (χ0n) is 14.6. The van der Waals surface area contributed by atoms with Crippen molar-refractivity contribution in [1.29, 1.82) is 0 Å². The first-order valence-electron chi connectivity index (χ1n) is 8.95. The lowest BCUT2D eigenvalue weighted by atomic mass is 9.77. The number of hydrogen-bond donors (Lipinski definition) is 0. The van der Waals surface area contributed by atoms with Gasteiger partial charge in [-0.15, -0.1) is 0 Å². The number of nitrogens with zero attached hydrogens (tertiary/aromatic N) is 1. The molecule has 2 aromatic carbocycles. The molecular weight excluding hydrogens is 306 g/mol. The lowest BCUT2D eigenvalue weighted by Gasteiger charge is -2.23. The zero-order chi connectivity index (χ0) is 17.1. The molecule has 0 unspecified atom stereocenters. The third kappa shape index (κ3) is 2.17. The van der Waals surface area contributed by atoms with Crippen LogP contribution in [0, 0.1) is 0 Å². The molecule has 1 fully saturated rings. The van der Waals surface area contributed by atoms with E-state index < -0.39 is 0 Å². The largest absolute Gasteiger partial charge is 0.360 e. The highest BCUT2D eigenvalue weighted by Crippen LogP contribution is 2.58. The van der Waals surface area contributed by atoms with E-state index >= 15 is 0 Å². The van der Waals surface area contributed by atoms with Crippen molar-refractivity contribution in [2.75, 3.05) is 0 Å². The molecule has 0 saturated carbocycles. The number of fused-ring (bicyclic) bond motifs is 5. The van der Waals surface area contributed by atoms with E-state index in [0.29, 0.717) is 0 Å². The second kappa shape index (κ2) is 5.03. The lowest BCUT2D eigenvalue weighted by Crippen LogP contribution is -2.17. The van der Waals surface area contributed by atoms with E-state index in [0.717, 1.165) is 24.1 Å². The Balaban J connectivity index is 1.53.